The summed E-state index contributed by atoms with van der Waals surface area (Å²) >= 11 is 0. The van der Waals surface area contributed by atoms with E-state index >= 15 is 0 Å². The Kier molecular flexibility index (Phi) is 32.4. The molecule has 0 radical (unpaired) electrons. The van der Waals surface area contributed by atoms with Crippen LogP contribution in [0.25, 0.3) is 0 Å². The second-order valence-electron chi connectivity index (χ2n) is 15.5. The van der Waals surface area contributed by atoms with E-state index in [9.17, 15) is 30.3 Å². The number of rotatable bonds is 36. The van der Waals surface area contributed by atoms with E-state index in [2.05, 4.69) is 19.2 Å². The first kappa shape index (κ1) is 48.9. The number of aliphatic hydroxyl groups is 5. The molecular formula is C43H83NO8. The summed E-state index contributed by atoms with van der Waals surface area (Å²) in [6, 6.07) is -0.797. The average Bonchev–Trinajstić information content (AvgIpc) is 3.14. The van der Waals surface area contributed by atoms with Crippen LogP contribution in [0, 0.1) is 0 Å². The molecule has 0 bridgehead atoms. The van der Waals surface area contributed by atoms with Crippen LogP contribution in [-0.4, -0.2) is 87.5 Å². The fraction of sp³-hybridized carbons (Fsp3) is 0.930. The molecule has 0 aromatic rings. The van der Waals surface area contributed by atoms with E-state index in [1.54, 1.807) is 6.08 Å². The number of nitrogens with one attached hydrogen (secondary N) is 1. The van der Waals surface area contributed by atoms with Crippen molar-refractivity contribution in [3.8, 4) is 0 Å². The van der Waals surface area contributed by atoms with Gasteiger partial charge >= 0.3 is 0 Å². The Balaban J connectivity index is 2.37. The third kappa shape index (κ3) is 25.1. The molecule has 1 aliphatic heterocycles. The van der Waals surface area contributed by atoms with Crippen LogP contribution in [0.1, 0.15) is 200 Å². The van der Waals surface area contributed by atoms with Gasteiger partial charge in [0.05, 0.1) is 25.4 Å². The largest absolute Gasteiger partial charge is 0.394 e. The monoisotopic (exact) mass is 742 g/mol. The van der Waals surface area contributed by atoms with Crippen LogP contribution in [0.3, 0.4) is 0 Å². The van der Waals surface area contributed by atoms with Gasteiger partial charge in [-0.25, -0.2) is 0 Å². The van der Waals surface area contributed by atoms with Gasteiger partial charge in [-0.05, 0) is 19.3 Å². The van der Waals surface area contributed by atoms with E-state index in [4.69, 9.17) is 9.47 Å². The fourth-order valence-electron chi connectivity index (χ4n) is 7.04. The van der Waals surface area contributed by atoms with Gasteiger partial charge in [0.15, 0.2) is 6.29 Å². The van der Waals surface area contributed by atoms with Gasteiger partial charge in [-0.2, -0.15) is 0 Å². The molecule has 1 heterocycles. The molecule has 1 saturated heterocycles. The van der Waals surface area contributed by atoms with Gasteiger partial charge in [0, 0.05) is 6.42 Å². The summed E-state index contributed by atoms with van der Waals surface area (Å²) in [5.74, 6) is -0.177. The third-order valence-electron chi connectivity index (χ3n) is 10.6. The average molecular weight is 742 g/mol. The maximum atomic E-state index is 12.9. The predicted octanol–water partition coefficient (Wildman–Crippen LogP) is 8.56. The first-order chi connectivity index (χ1) is 25.3. The summed E-state index contributed by atoms with van der Waals surface area (Å²) in [6.07, 6.45) is 31.1. The van der Waals surface area contributed by atoms with Crippen molar-refractivity contribution in [2.24, 2.45) is 0 Å². The molecule has 308 valence electrons. The van der Waals surface area contributed by atoms with Crippen molar-refractivity contribution in [2.45, 2.75) is 243 Å². The van der Waals surface area contributed by atoms with Crippen molar-refractivity contribution < 1.29 is 39.8 Å². The van der Waals surface area contributed by atoms with Gasteiger partial charge in [0.25, 0.3) is 0 Å². The van der Waals surface area contributed by atoms with Gasteiger partial charge in [-0.15, -0.1) is 0 Å². The first-order valence-corrected chi connectivity index (χ1v) is 21.9. The lowest BCUT2D eigenvalue weighted by atomic mass is 9.99. The molecule has 1 rings (SSSR count). The van der Waals surface area contributed by atoms with Gasteiger partial charge in [-0.3, -0.25) is 4.79 Å². The number of allylic oxidation sites excluding steroid dienone is 1. The molecule has 6 N–H and O–H groups in total. The number of ether oxygens (including phenoxy) is 2. The summed E-state index contributed by atoms with van der Waals surface area (Å²) in [4.78, 5) is 12.9. The molecule has 0 spiro atoms. The lowest BCUT2D eigenvalue weighted by Gasteiger charge is -2.40. The zero-order chi connectivity index (χ0) is 38.1. The molecule has 1 amide bonds. The quantitative estimate of drug-likeness (QED) is 0.0277. The molecule has 0 saturated carbocycles. The minimum absolute atomic E-state index is 0.177. The molecule has 7 unspecified atom stereocenters. The summed E-state index contributed by atoms with van der Waals surface area (Å²) < 4.78 is 11.2. The summed E-state index contributed by atoms with van der Waals surface area (Å²) in [6.45, 7) is 3.76. The van der Waals surface area contributed by atoms with Gasteiger partial charge in [-0.1, -0.05) is 187 Å². The number of carbonyl (C=O) groups is 1. The normalized spacial score (nSPS) is 21.9. The smallest absolute Gasteiger partial charge is 0.220 e. The van der Waals surface area contributed by atoms with Crippen molar-refractivity contribution in [2.75, 3.05) is 13.2 Å². The second-order valence-corrected chi connectivity index (χ2v) is 15.5. The van der Waals surface area contributed by atoms with E-state index in [1.807, 2.05) is 6.08 Å². The third-order valence-corrected chi connectivity index (χ3v) is 10.6. The lowest BCUT2D eigenvalue weighted by Crippen LogP contribution is -2.60. The number of carbonyl (C=O) groups excluding carboxylic acids is 1. The Morgan fingerprint density at radius 1 is 0.635 bits per heavy atom. The minimum atomic E-state index is -1.56. The molecule has 0 aromatic heterocycles. The van der Waals surface area contributed by atoms with E-state index in [0.717, 1.165) is 38.5 Å². The van der Waals surface area contributed by atoms with Crippen LogP contribution in [0.5, 0.6) is 0 Å². The topological polar surface area (TPSA) is 149 Å². The van der Waals surface area contributed by atoms with E-state index < -0.39 is 49.5 Å². The maximum absolute atomic E-state index is 12.9. The van der Waals surface area contributed by atoms with Crippen LogP contribution in [-0.2, 0) is 14.3 Å². The SMILES string of the molecule is CCCCCCCCCCCCCCCCCC/C=C/C(O)C(COC1OC(CO)C(O)C(O)C1O)NC(=O)CCCCCCCCCCCCC. The molecule has 52 heavy (non-hydrogen) atoms. The Hall–Kier alpha value is -1.07. The lowest BCUT2D eigenvalue weighted by molar-refractivity contribution is -0.302. The van der Waals surface area contributed by atoms with Crippen molar-refractivity contribution in [1.82, 2.24) is 5.32 Å². The van der Waals surface area contributed by atoms with E-state index in [0.29, 0.717) is 6.42 Å². The zero-order valence-electron chi connectivity index (χ0n) is 33.6. The molecule has 9 nitrogen and oxygen atoms in total. The highest BCUT2D eigenvalue weighted by Crippen LogP contribution is 2.22. The summed E-state index contributed by atoms with van der Waals surface area (Å²) in [7, 11) is 0. The van der Waals surface area contributed by atoms with Crippen LogP contribution in [0.2, 0.25) is 0 Å². The van der Waals surface area contributed by atoms with Crippen LogP contribution < -0.4 is 5.32 Å². The number of hydrogen-bond acceptors (Lipinski definition) is 8. The number of hydrogen-bond donors (Lipinski definition) is 6. The molecular weight excluding hydrogens is 658 g/mol. The highest BCUT2D eigenvalue weighted by Gasteiger charge is 2.44. The Bertz CT molecular complexity index is 827. The molecule has 1 fully saturated rings. The number of aliphatic hydroxyl groups excluding tert-OH is 5. The van der Waals surface area contributed by atoms with Crippen molar-refractivity contribution >= 4 is 5.91 Å². The minimum Gasteiger partial charge on any atom is -0.394 e. The van der Waals surface area contributed by atoms with Crippen LogP contribution >= 0.6 is 0 Å². The summed E-state index contributed by atoms with van der Waals surface area (Å²) in [5.41, 5.74) is 0. The van der Waals surface area contributed by atoms with E-state index in [-0.39, 0.29) is 12.5 Å². The Morgan fingerprint density at radius 2 is 1.06 bits per heavy atom. The second kappa shape index (κ2) is 34.4. The van der Waals surface area contributed by atoms with Crippen molar-refractivity contribution in [3.05, 3.63) is 12.2 Å². The van der Waals surface area contributed by atoms with Gasteiger partial charge in [0.1, 0.15) is 24.4 Å². The zero-order valence-corrected chi connectivity index (χ0v) is 33.6. The standard InChI is InChI=1S/C43H83NO8/c1-3-5-7-9-11-13-15-16-17-18-19-20-21-23-24-26-28-30-32-37(46)36(35-51-43-42(50)41(49)40(48)38(34-45)52-43)44-39(47)33-31-29-27-25-22-14-12-10-8-6-4-2/h30,32,36-38,40-43,45-46,48-50H,3-29,31,33-35H2,1-2H3,(H,44,47)/b32-30+. The van der Waals surface area contributed by atoms with Gasteiger partial charge < -0.3 is 40.3 Å². The predicted molar refractivity (Wildman–Crippen MR) is 212 cm³/mol. The van der Waals surface area contributed by atoms with Crippen LogP contribution in [0.15, 0.2) is 12.2 Å². The maximum Gasteiger partial charge on any atom is 0.220 e. The number of unbranched alkanes of at least 4 members (excludes halogenated alkanes) is 26. The van der Waals surface area contributed by atoms with E-state index in [1.165, 1.54) is 141 Å². The van der Waals surface area contributed by atoms with Crippen LogP contribution in [0.4, 0.5) is 0 Å². The Morgan fingerprint density at radius 3 is 1.50 bits per heavy atom. The van der Waals surface area contributed by atoms with Gasteiger partial charge in [0.2, 0.25) is 5.91 Å². The van der Waals surface area contributed by atoms with Crippen molar-refractivity contribution in [3.63, 3.8) is 0 Å². The first-order valence-electron chi connectivity index (χ1n) is 21.9. The molecule has 0 aromatic carbocycles. The van der Waals surface area contributed by atoms with Crippen molar-refractivity contribution in [1.29, 1.82) is 0 Å². The highest BCUT2D eigenvalue weighted by atomic mass is 16.7. The Labute approximate surface area is 318 Å². The summed E-state index contributed by atoms with van der Waals surface area (Å²) in [5, 5.41) is 54.1. The molecule has 1 aliphatic rings. The molecule has 9 heteroatoms. The highest BCUT2D eigenvalue weighted by molar-refractivity contribution is 5.76. The molecule has 7 atom stereocenters. The fourth-order valence-corrected chi connectivity index (χ4v) is 7.04. The molecule has 0 aliphatic carbocycles. The number of amides is 1.